The van der Waals surface area contributed by atoms with Crippen molar-refractivity contribution in [2.75, 3.05) is 11.5 Å². The van der Waals surface area contributed by atoms with Gasteiger partial charge in [-0.3, -0.25) is 0 Å². The van der Waals surface area contributed by atoms with Crippen LogP contribution in [0.2, 0.25) is 0 Å². The van der Waals surface area contributed by atoms with Gasteiger partial charge in [-0.2, -0.15) is 0 Å². The lowest BCUT2D eigenvalue weighted by atomic mass is 9.98. The number of hydrogen-bond donors (Lipinski definition) is 0. The van der Waals surface area contributed by atoms with E-state index in [0.717, 1.165) is 6.07 Å². The van der Waals surface area contributed by atoms with Crippen LogP contribution in [-0.4, -0.2) is 19.9 Å². The average Bonchev–Trinajstić information content (AvgIpc) is 2.56. The summed E-state index contributed by atoms with van der Waals surface area (Å²) in [5.74, 6) is -1.20. The van der Waals surface area contributed by atoms with E-state index in [1.807, 2.05) is 0 Å². The summed E-state index contributed by atoms with van der Waals surface area (Å²) in [5, 5.41) is 0. The second-order valence-corrected chi connectivity index (χ2v) is 7.48. The van der Waals surface area contributed by atoms with Gasteiger partial charge in [-0.1, -0.05) is 15.9 Å². The minimum atomic E-state index is -2.99. The van der Waals surface area contributed by atoms with Gasteiger partial charge in [0.05, 0.1) is 11.5 Å². The zero-order chi connectivity index (χ0) is 12.6. The van der Waals surface area contributed by atoms with Crippen LogP contribution in [0.15, 0.2) is 18.2 Å². The van der Waals surface area contributed by atoms with Crippen LogP contribution in [0.3, 0.4) is 0 Å². The van der Waals surface area contributed by atoms with Gasteiger partial charge in [0, 0.05) is 10.9 Å². The van der Waals surface area contributed by atoms with Crippen LogP contribution in [0.1, 0.15) is 16.8 Å². The van der Waals surface area contributed by atoms with E-state index < -0.39 is 21.5 Å². The van der Waals surface area contributed by atoms with Crippen LogP contribution in [-0.2, 0) is 9.84 Å². The van der Waals surface area contributed by atoms with E-state index in [0.29, 0.717) is 12.0 Å². The second kappa shape index (κ2) is 4.65. The molecule has 0 saturated carbocycles. The first-order chi connectivity index (χ1) is 7.87. The van der Waals surface area contributed by atoms with Gasteiger partial charge < -0.3 is 0 Å². The largest absolute Gasteiger partial charge is 0.229 e. The van der Waals surface area contributed by atoms with Crippen molar-refractivity contribution in [2.45, 2.75) is 11.2 Å². The number of sulfone groups is 1. The first-order valence-corrected chi connectivity index (χ1v) is 7.91. The molecule has 0 aliphatic carbocycles. The molecule has 2 unspecified atom stereocenters. The summed E-state index contributed by atoms with van der Waals surface area (Å²) in [6.07, 6.45) is 0.524. The Morgan fingerprint density at radius 3 is 2.29 bits per heavy atom. The standard InChI is InChI=1S/C11H11BrF2O2S/c12-11(7-1-2-17(15,16)6-7)8-3-9(13)5-10(14)4-8/h3-5,7,11H,1-2,6H2. The van der Waals surface area contributed by atoms with Crippen LogP contribution >= 0.6 is 15.9 Å². The topological polar surface area (TPSA) is 34.1 Å². The predicted molar refractivity (Wildman–Crippen MR) is 64.8 cm³/mol. The average molecular weight is 325 g/mol. The molecule has 1 heterocycles. The molecular weight excluding hydrogens is 314 g/mol. The Labute approximate surface area is 107 Å². The maximum atomic E-state index is 13.0. The van der Waals surface area contributed by atoms with E-state index in [1.165, 1.54) is 12.1 Å². The predicted octanol–water partition coefficient (Wildman–Crippen LogP) is 2.84. The first-order valence-electron chi connectivity index (χ1n) is 5.18. The summed E-state index contributed by atoms with van der Waals surface area (Å²) in [4.78, 5) is -0.329. The Morgan fingerprint density at radius 2 is 1.82 bits per heavy atom. The molecule has 1 fully saturated rings. The molecule has 1 aromatic carbocycles. The molecule has 1 saturated heterocycles. The minimum absolute atomic E-state index is 0.0705. The lowest BCUT2D eigenvalue weighted by Crippen LogP contribution is -2.10. The van der Waals surface area contributed by atoms with Crippen LogP contribution in [0, 0.1) is 17.6 Å². The smallest absolute Gasteiger partial charge is 0.150 e. The number of rotatable bonds is 2. The van der Waals surface area contributed by atoms with Gasteiger partial charge in [0.2, 0.25) is 0 Å². The monoisotopic (exact) mass is 324 g/mol. The summed E-state index contributed by atoms with van der Waals surface area (Å²) < 4.78 is 48.8. The molecule has 2 atom stereocenters. The van der Waals surface area contributed by atoms with Crippen molar-refractivity contribution in [3.8, 4) is 0 Å². The Bertz CT molecular complexity index is 510. The van der Waals surface area contributed by atoms with Gasteiger partial charge in [0.25, 0.3) is 0 Å². The van der Waals surface area contributed by atoms with Crippen molar-refractivity contribution >= 4 is 25.8 Å². The van der Waals surface area contributed by atoms with Gasteiger partial charge in [0.1, 0.15) is 11.6 Å². The first kappa shape index (κ1) is 13.0. The van der Waals surface area contributed by atoms with Crippen molar-refractivity contribution < 1.29 is 17.2 Å². The lowest BCUT2D eigenvalue weighted by molar-refractivity contribution is 0.557. The zero-order valence-corrected chi connectivity index (χ0v) is 11.3. The highest BCUT2D eigenvalue weighted by molar-refractivity contribution is 9.09. The van der Waals surface area contributed by atoms with Crippen molar-refractivity contribution in [1.82, 2.24) is 0 Å². The molecule has 0 bridgehead atoms. The number of alkyl halides is 1. The minimum Gasteiger partial charge on any atom is -0.229 e. The Hall–Kier alpha value is -0.490. The van der Waals surface area contributed by atoms with E-state index in [2.05, 4.69) is 15.9 Å². The third-order valence-corrected chi connectivity index (χ3v) is 5.95. The molecule has 17 heavy (non-hydrogen) atoms. The van der Waals surface area contributed by atoms with Crippen LogP contribution in [0.25, 0.3) is 0 Å². The molecule has 0 aromatic heterocycles. The third-order valence-electron chi connectivity index (χ3n) is 2.88. The summed E-state index contributed by atoms with van der Waals surface area (Å²) in [7, 11) is -2.99. The van der Waals surface area contributed by atoms with E-state index in [1.54, 1.807) is 0 Å². The van der Waals surface area contributed by atoms with E-state index >= 15 is 0 Å². The summed E-state index contributed by atoms with van der Waals surface area (Å²) in [6.45, 7) is 0. The van der Waals surface area contributed by atoms with Gasteiger partial charge in [-0.15, -0.1) is 0 Å². The molecule has 1 aliphatic rings. The summed E-state index contributed by atoms with van der Waals surface area (Å²) in [5.41, 5.74) is 0.449. The van der Waals surface area contributed by atoms with Gasteiger partial charge in [-0.25, -0.2) is 17.2 Å². The highest BCUT2D eigenvalue weighted by Gasteiger charge is 2.33. The molecule has 6 heteroatoms. The third kappa shape index (κ3) is 3.04. The molecule has 0 radical (unpaired) electrons. The molecule has 2 nitrogen and oxygen atoms in total. The zero-order valence-electron chi connectivity index (χ0n) is 8.87. The Balaban J connectivity index is 2.23. The lowest BCUT2D eigenvalue weighted by Gasteiger charge is -2.16. The quantitative estimate of drug-likeness (QED) is 0.784. The van der Waals surface area contributed by atoms with Crippen molar-refractivity contribution in [2.24, 2.45) is 5.92 Å². The van der Waals surface area contributed by atoms with E-state index in [4.69, 9.17) is 0 Å². The Kier molecular flexibility index (Phi) is 3.54. The highest BCUT2D eigenvalue weighted by atomic mass is 79.9. The molecule has 2 rings (SSSR count). The summed E-state index contributed by atoms with van der Waals surface area (Å²) in [6, 6.07) is 3.26. The van der Waals surface area contributed by atoms with E-state index in [-0.39, 0.29) is 22.3 Å². The molecular formula is C11H11BrF2O2S. The maximum Gasteiger partial charge on any atom is 0.150 e. The van der Waals surface area contributed by atoms with Crippen molar-refractivity contribution in [1.29, 1.82) is 0 Å². The number of hydrogen-bond acceptors (Lipinski definition) is 2. The van der Waals surface area contributed by atoms with Crippen LogP contribution in [0.4, 0.5) is 8.78 Å². The second-order valence-electron chi connectivity index (χ2n) is 4.27. The number of halogens is 3. The molecule has 0 spiro atoms. The molecule has 1 aromatic rings. The SMILES string of the molecule is O=S1(=O)CCC(C(Br)c2cc(F)cc(F)c2)C1. The highest BCUT2D eigenvalue weighted by Crippen LogP contribution is 2.38. The molecule has 1 aliphatic heterocycles. The fourth-order valence-electron chi connectivity index (χ4n) is 2.06. The molecule has 0 amide bonds. The van der Waals surface area contributed by atoms with Crippen molar-refractivity contribution in [3.63, 3.8) is 0 Å². The molecule has 0 N–H and O–H groups in total. The fourth-order valence-corrected chi connectivity index (χ4v) is 4.86. The van der Waals surface area contributed by atoms with E-state index in [9.17, 15) is 17.2 Å². The molecule has 94 valence electrons. The van der Waals surface area contributed by atoms with Crippen molar-refractivity contribution in [3.05, 3.63) is 35.4 Å². The normalized spacial score (nSPS) is 24.8. The number of benzene rings is 1. The van der Waals surface area contributed by atoms with Crippen LogP contribution in [0.5, 0.6) is 0 Å². The van der Waals surface area contributed by atoms with Gasteiger partial charge in [-0.05, 0) is 30.0 Å². The van der Waals surface area contributed by atoms with Crippen LogP contribution < -0.4 is 0 Å². The Morgan fingerprint density at radius 1 is 1.24 bits per heavy atom. The van der Waals surface area contributed by atoms with Gasteiger partial charge >= 0.3 is 0 Å². The maximum absolute atomic E-state index is 13.0. The summed E-state index contributed by atoms with van der Waals surface area (Å²) >= 11 is 3.34. The fraction of sp³-hybridized carbons (Fsp3) is 0.455. The van der Waals surface area contributed by atoms with Gasteiger partial charge in [0.15, 0.2) is 9.84 Å².